The molecule has 0 saturated carbocycles. The molecule has 0 N–H and O–H groups in total. The van der Waals surface area contributed by atoms with Crippen molar-refractivity contribution in [3.63, 3.8) is 0 Å². The lowest BCUT2D eigenvalue weighted by Gasteiger charge is -2.35. The van der Waals surface area contributed by atoms with Gasteiger partial charge in [0.25, 0.3) is 0 Å². The molecule has 1 amide bonds. The lowest BCUT2D eigenvalue weighted by molar-refractivity contribution is -0.143. The summed E-state index contributed by atoms with van der Waals surface area (Å²) in [5.41, 5.74) is 0.992. The highest BCUT2D eigenvalue weighted by atomic mass is 35.5. The van der Waals surface area contributed by atoms with Crippen molar-refractivity contribution in [3.8, 4) is 5.75 Å². The van der Waals surface area contributed by atoms with Gasteiger partial charge in [0.1, 0.15) is 5.75 Å². The van der Waals surface area contributed by atoms with Crippen molar-refractivity contribution in [3.05, 3.63) is 28.8 Å². The van der Waals surface area contributed by atoms with Crippen molar-refractivity contribution in [2.75, 3.05) is 19.7 Å². The quantitative estimate of drug-likeness (QED) is 0.778. The summed E-state index contributed by atoms with van der Waals surface area (Å²) in [7, 11) is 0. The summed E-state index contributed by atoms with van der Waals surface area (Å²) in [6, 6.07) is 5.59. The van der Waals surface area contributed by atoms with Crippen LogP contribution in [0.15, 0.2) is 18.2 Å². The fourth-order valence-electron chi connectivity index (χ4n) is 2.66. The Labute approximate surface area is 137 Å². The molecule has 22 heavy (non-hydrogen) atoms. The lowest BCUT2D eigenvalue weighted by atomic mass is 10.2. The van der Waals surface area contributed by atoms with E-state index in [-0.39, 0.29) is 18.1 Å². The maximum absolute atomic E-state index is 12.2. The van der Waals surface area contributed by atoms with Crippen molar-refractivity contribution in [1.82, 2.24) is 4.90 Å². The van der Waals surface area contributed by atoms with Crippen LogP contribution in [0.2, 0.25) is 5.02 Å². The third-order valence-electron chi connectivity index (χ3n) is 3.71. The summed E-state index contributed by atoms with van der Waals surface area (Å²) < 4.78 is 11.3. The standard InChI is InChI=1S/C17H24ClNO3/c1-12-9-15(6-7-16(12)18)21-8-4-5-17(20)19-10-13(2)22-14(3)11-19/h6-7,9,13-14H,4-5,8,10-11H2,1-3H3. The van der Waals surface area contributed by atoms with Crippen LogP contribution in [0.3, 0.4) is 0 Å². The summed E-state index contributed by atoms with van der Waals surface area (Å²) in [6.07, 6.45) is 1.44. The van der Waals surface area contributed by atoms with Gasteiger partial charge in [-0.25, -0.2) is 0 Å². The summed E-state index contributed by atoms with van der Waals surface area (Å²) in [5.74, 6) is 0.973. The van der Waals surface area contributed by atoms with E-state index in [1.54, 1.807) is 0 Å². The molecule has 1 aromatic carbocycles. The van der Waals surface area contributed by atoms with Crippen molar-refractivity contribution in [2.45, 2.75) is 45.8 Å². The fourth-order valence-corrected chi connectivity index (χ4v) is 2.78. The van der Waals surface area contributed by atoms with Crippen LogP contribution >= 0.6 is 11.6 Å². The van der Waals surface area contributed by atoms with Gasteiger partial charge in [-0.3, -0.25) is 4.79 Å². The maximum atomic E-state index is 12.2. The Morgan fingerprint density at radius 2 is 2.05 bits per heavy atom. The molecule has 0 aromatic heterocycles. The van der Waals surface area contributed by atoms with Crippen molar-refractivity contribution >= 4 is 17.5 Å². The molecule has 1 aliphatic heterocycles. The Morgan fingerprint density at radius 3 is 2.68 bits per heavy atom. The number of rotatable bonds is 5. The van der Waals surface area contributed by atoms with Gasteiger partial charge in [-0.2, -0.15) is 0 Å². The van der Waals surface area contributed by atoms with Gasteiger partial charge in [-0.1, -0.05) is 11.6 Å². The molecular weight excluding hydrogens is 302 g/mol. The Balaban J connectivity index is 1.71. The summed E-state index contributed by atoms with van der Waals surface area (Å²) in [6.45, 7) is 7.84. The lowest BCUT2D eigenvalue weighted by Crippen LogP contribution is -2.48. The first-order chi connectivity index (χ1) is 10.5. The fraction of sp³-hybridized carbons (Fsp3) is 0.588. The Morgan fingerprint density at radius 1 is 1.36 bits per heavy atom. The molecule has 0 spiro atoms. The SMILES string of the molecule is Cc1cc(OCCCC(=O)N2CC(C)OC(C)C2)ccc1Cl. The second-order valence-electron chi connectivity index (χ2n) is 5.92. The molecule has 0 radical (unpaired) electrons. The van der Waals surface area contributed by atoms with Crippen LogP contribution in [0.1, 0.15) is 32.3 Å². The number of aryl methyl sites for hydroxylation is 1. The molecular formula is C17H24ClNO3. The van der Waals surface area contributed by atoms with Crippen molar-refractivity contribution < 1.29 is 14.3 Å². The summed E-state index contributed by atoms with van der Waals surface area (Å²) in [5, 5.41) is 0.734. The number of benzene rings is 1. The van der Waals surface area contributed by atoms with E-state index in [2.05, 4.69) is 0 Å². The molecule has 1 saturated heterocycles. The highest BCUT2D eigenvalue weighted by Crippen LogP contribution is 2.21. The van der Waals surface area contributed by atoms with E-state index in [9.17, 15) is 4.79 Å². The first-order valence-electron chi connectivity index (χ1n) is 7.78. The van der Waals surface area contributed by atoms with Crippen LogP contribution in [0.25, 0.3) is 0 Å². The van der Waals surface area contributed by atoms with Gasteiger partial charge in [0, 0.05) is 24.5 Å². The predicted octanol–water partition coefficient (Wildman–Crippen LogP) is 3.44. The molecule has 2 rings (SSSR count). The van der Waals surface area contributed by atoms with Gasteiger partial charge >= 0.3 is 0 Å². The normalized spacial score (nSPS) is 21.7. The molecule has 0 bridgehead atoms. The maximum Gasteiger partial charge on any atom is 0.222 e. The largest absolute Gasteiger partial charge is 0.494 e. The zero-order valence-electron chi connectivity index (χ0n) is 13.5. The second-order valence-corrected chi connectivity index (χ2v) is 6.33. The molecule has 2 unspecified atom stereocenters. The van der Waals surface area contributed by atoms with Crippen LogP contribution in [0.5, 0.6) is 5.75 Å². The molecule has 5 heteroatoms. The van der Waals surface area contributed by atoms with E-state index in [4.69, 9.17) is 21.1 Å². The number of carbonyl (C=O) groups excluding carboxylic acids is 1. The van der Waals surface area contributed by atoms with Gasteiger partial charge in [0.05, 0.1) is 18.8 Å². The van der Waals surface area contributed by atoms with Gasteiger partial charge in [-0.05, 0) is 51.0 Å². The molecule has 1 aliphatic rings. The van der Waals surface area contributed by atoms with Crippen LogP contribution in [0.4, 0.5) is 0 Å². The highest BCUT2D eigenvalue weighted by molar-refractivity contribution is 6.31. The van der Waals surface area contributed by atoms with Gasteiger partial charge in [0.15, 0.2) is 0 Å². The number of amides is 1. The zero-order valence-corrected chi connectivity index (χ0v) is 14.2. The van der Waals surface area contributed by atoms with Crippen molar-refractivity contribution in [2.24, 2.45) is 0 Å². The highest BCUT2D eigenvalue weighted by Gasteiger charge is 2.25. The van der Waals surface area contributed by atoms with Crippen LogP contribution in [0, 0.1) is 6.92 Å². The smallest absolute Gasteiger partial charge is 0.222 e. The summed E-state index contributed by atoms with van der Waals surface area (Å²) >= 11 is 5.98. The van der Waals surface area contributed by atoms with E-state index >= 15 is 0 Å². The van der Waals surface area contributed by atoms with Crippen LogP contribution in [-0.2, 0) is 9.53 Å². The topological polar surface area (TPSA) is 38.8 Å². The van der Waals surface area contributed by atoms with Gasteiger partial charge in [-0.15, -0.1) is 0 Å². The average molecular weight is 326 g/mol. The minimum atomic E-state index is 0.112. The molecule has 1 heterocycles. The monoisotopic (exact) mass is 325 g/mol. The van der Waals surface area contributed by atoms with Crippen LogP contribution < -0.4 is 4.74 Å². The minimum absolute atomic E-state index is 0.112. The first-order valence-corrected chi connectivity index (χ1v) is 8.15. The zero-order chi connectivity index (χ0) is 16.1. The third kappa shape index (κ3) is 4.89. The first kappa shape index (κ1) is 17.1. The number of halogens is 1. The summed E-state index contributed by atoms with van der Waals surface area (Å²) in [4.78, 5) is 14.1. The number of carbonyl (C=O) groups is 1. The number of ether oxygens (including phenoxy) is 2. The van der Waals surface area contributed by atoms with E-state index in [0.29, 0.717) is 32.5 Å². The van der Waals surface area contributed by atoms with E-state index < -0.39 is 0 Å². The Bertz CT molecular complexity index is 511. The Hall–Kier alpha value is -1.26. The number of hydrogen-bond acceptors (Lipinski definition) is 3. The predicted molar refractivity (Wildman–Crippen MR) is 87.5 cm³/mol. The van der Waals surface area contributed by atoms with Gasteiger partial charge in [0.2, 0.25) is 5.91 Å². The number of morpholine rings is 1. The van der Waals surface area contributed by atoms with E-state index in [0.717, 1.165) is 16.3 Å². The Kier molecular flexibility index (Phi) is 6.09. The molecule has 0 aliphatic carbocycles. The minimum Gasteiger partial charge on any atom is -0.494 e. The molecule has 4 nitrogen and oxygen atoms in total. The number of hydrogen-bond donors (Lipinski definition) is 0. The van der Waals surface area contributed by atoms with E-state index in [1.807, 2.05) is 43.9 Å². The second kappa shape index (κ2) is 7.84. The van der Waals surface area contributed by atoms with Crippen molar-refractivity contribution in [1.29, 1.82) is 0 Å². The average Bonchev–Trinajstić information content (AvgIpc) is 2.46. The third-order valence-corrected chi connectivity index (χ3v) is 4.13. The van der Waals surface area contributed by atoms with Gasteiger partial charge < -0.3 is 14.4 Å². The van der Waals surface area contributed by atoms with E-state index in [1.165, 1.54) is 0 Å². The van der Waals surface area contributed by atoms with Crippen LogP contribution in [-0.4, -0.2) is 42.7 Å². The number of nitrogens with zero attached hydrogens (tertiary/aromatic N) is 1. The molecule has 1 fully saturated rings. The molecule has 122 valence electrons. The molecule has 1 aromatic rings. The molecule has 2 atom stereocenters.